The molecular weight excluding hydrogens is 472 g/mol. The van der Waals surface area contributed by atoms with Gasteiger partial charge in [-0.05, 0) is 79.5 Å². The van der Waals surface area contributed by atoms with Crippen molar-refractivity contribution in [1.29, 1.82) is 5.26 Å². The number of hydrogen-bond acceptors (Lipinski definition) is 5. The highest BCUT2D eigenvalue weighted by atomic mass is 79.9. The lowest BCUT2D eigenvalue weighted by molar-refractivity contribution is 0.0544. The van der Waals surface area contributed by atoms with Crippen molar-refractivity contribution in [3.63, 3.8) is 0 Å². The van der Waals surface area contributed by atoms with E-state index in [2.05, 4.69) is 27.1 Å². The molecule has 0 aliphatic heterocycles. The standard InChI is InChI=1S/C24H23BrN4O3/c1-14-10-20(31-5)18(16-8-9-28(21(14)16)23(30)32-24(2,3)4)13-29-22(25)17-11-15(12-26)6-7-19(17)27-29/h6-11H,13H2,1-5H3. The van der Waals surface area contributed by atoms with Gasteiger partial charge in [0.1, 0.15) is 16.0 Å². The largest absolute Gasteiger partial charge is 0.496 e. The zero-order valence-electron chi connectivity index (χ0n) is 18.6. The van der Waals surface area contributed by atoms with Crippen LogP contribution in [0.25, 0.3) is 21.8 Å². The number of aromatic nitrogens is 3. The number of ether oxygens (including phenoxy) is 2. The fourth-order valence-corrected chi connectivity index (χ4v) is 4.32. The Bertz CT molecular complexity index is 1400. The Hall–Kier alpha value is -3.31. The third kappa shape index (κ3) is 3.84. The first-order valence-electron chi connectivity index (χ1n) is 10.1. The van der Waals surface area contributed by atoms with Gasteiger partial charge in [-0.15, -0.1) is 0 Å². The quantitative estimate of drug-likeness (QED) is 0.360. The number of methoxy groups -OCH3 is 1. The molecule has 2 aromatic heterocycles. The van der Waals surface area contributed by atoms with Crippen LogP contribution in [0.3, 0.4) is 0 Å². The van der Waals surface area contributed by atoms with Gasteiger partial charge >= 0.3 is 6.09 Å². The Morgan fingerprint density at radius 2 is 1.97 bits per heavy atom. The van der Waals surface area contributed by atoms with Gasteiger partial charge in [0.25, 0.3) is 0 Å². The normalized spacial score (nSPS) is 11.7. The van der Waals surface area contributed by atoms with Crippen LogP contribution >= 0.6 is 15.9 Å². The van der Waals surface area contributed by atoms with Crippen LogP contribution in [0.15, 0.2) is 41.1 Å². The Morgan fingerprint density at radius 3 is 2.62 bits per heavy atom. The summed E-state index contributed by atoms with van der Waals surface area (Å²) in [4.78, 5) is 12.8. The maximum atomic E-state index is 12.8. The van der Waals surface area contributed by atoms with Gasteiger partial charge < -0.3 is 9.47 Å². The van der Waals surface area contributed by atoms with Crippen molar-refractivity contribution in [3.8, 4) is 11.8 Å². The van der Waals surface area contributed by atoms with E-state index < -0.39 is 11.7 Å². The first-order valence-corrected chi connectivity index (χ1v) is 10.9. The molecule has 0 N–H and O–H groups in total. The number of hydrogen-bond donors (Lipinski definition) is 0. The summed E-state index contributed by atoms with van der Waals surface area (Å²) in [5.41, 5.74) is 3.32. The van der Waals surface area contributed by atoms with Gasteiger partial charge in [-0.3, -0.25) is 9.25 Å². The van der Waals surface area contributed by atoms with Crippen LogP contribution < -0.4 is 4.74 Å². The van der Waals surface area contributed by atoms with Crippen LogP contribution in [0.2, 0.25) is 0 Å². The van der Waals surface area contributed by atoms with Crippen molar-refractivity contribution < 1.29 is 14.3 Å². The second kappa shape index (κ2) is 7.99. The minimum Gasteiger partial charge on any atom is -0.496 e. The van der Waals surface area contributed by atoms with Gasteiger partial charge in [0.05, 0.1) is 36.3 Å². The summed E-state index contributed by atoms with van der Waals surface area (Å²) < 4.78 is 15.4. The number of benzene rings is 2. The Kier molecular flexibility index (Phi) is 5.47. The van der Waals surface area contributed by atoms with Gasteiger partial charge in [-0.1, -0.05) is 0 Å². The van der Waals surface area contributed by atoms with E-state index >= 15 is 0 Å². The molecule has 0 aliphatic carbocycles. The molecule has 0 amide bonds. The monoisotopic (exact) mass is 494 g/mol. The Balaban J connectivity index is 1.85. The van der Waals surface area contributed by atoms with Crippen molar-refractivity contribution in [3.05, 3.63) is 57.8 Å². The van der Waals surface area contributed by atoms with E-state index in [4.69, 9.17) is 9.47 Å². The Labute approximate surface area is 194 Å². The summed E-state index contributed by atoms with van der Waals surface area (Å²) in [6.45, 7) is 7.88. The molecule has 0 atom stereocenters. The average Bonchev–Trinajstić information content (AvgIpc) is 3.31. The van der Waals surface area contributed by atoms with E-state index in [-0.39, 0.29) is 0 Å². The number of nitrogens with zero attached hydrogens (tertiary/aromatic N) is 4. The molecule has 0 fully saturated rings. The second-order valence-corrected chi connectivity index (χ2v) is 9.35. The smallest absolute Gasteiger partial charge is 0.419 e. The predicted molar refractivity (Wildman–Crippen MR) is 126 cm³/mol. The topological polar surface area (TPSA) is 82.1 Å². The van der Waals surface area contributed by atoms with Gasteiger partial charge in [-0.25, -0.2) is 4.79 Å². The molecule has 0 unspecified atom stereocenters. The van der Waals surface area contributed by atoms with E-state index in [0.717, 1.165) is 37.5 Å². The van der Waals surface area contributed by atoms with Crippen LogP contribution in [-0.2, 0) is 11.3 Å². The van der Waals surface area contributed by atoms with Gasteiger partial charge in [0.15, 0.2) is 0 Å². The highest BCUT2D eigenvalue weighted by Gasteiger charge is 2.23. The molecule has 2 aromatic carbocycles. The van der Waals surface area contributed by atoms with E-state index in [1.807, 2.05) is 56.6 Å². The van der Waals surface area contributed by atoms with Crippen molar-refractivity contribution in [2.45, 2.75) is 39.8 Å². The number of nitriles is 1. The number of rotatable bonds is 3. The third-order valence-electron chi connectivity index (χ3n) is 5.15. The number of carbonyl (C=O) groups excluding carboxylic acids is 1. The minimum absolute atomic E-state index is 0.412. The zero-order valence-corrected chi connectivity index (χ0v) is 20.1. The lowest BCUT2D eigenvalue weighted by atomic mass is 10.0. The molecule has 164 valence electrons. The fraction of sp³-hybridized carbons (Fsp3) is 0.292. The van der Waals surface area contributed by atoms with Gasteiger partial charge in [0, 0.05) is 22.5 Å². The predicted octanol–water partition coefficient (Wildman–Crippen LogP) is 5.77. The lowest BCUT2D eigenvalue weighted by Gasteiger charge is -2.20. The van der Waals surface area contributed by atoms with Gasteiger partial charge in [-0.2, -0.15) is 10.4 Å². The number of fused-ring (bicyclic) bond motifs is 2. The number of halogens is 1. The molecule has 0 spiro atoms. The summed E-state index contributed by atoms with van der Waals surface area (Å²) in [7, 11) is 1.63. The summed E-state index contributed by atoms with van der Waals surface area (Å²) in [5, 5.41) is 15.6. The van der Waals surface area contributed by atoms with Crippen molar-refractivity contribution >= 4 is 43.8 Å². The molecule has 0 saturated carbocycles. The molecule has 0 bridgehead atoms. The number of carbonyl (C=O) groups is 1. The summed E-state index contributed by atoms with van der Waals surface area (Å²) >= 11 is 3.63. The van der Waals surface area contributed by atoms with Crippen molar-refractivity contribution in [1.82, 2.24) is 14.3 Å². The maximum absolute atomic E-state index is 12.8. The van der Waals surface area contributed by atoms with Crippen molar-refractivity contribution in [2.75, 3.05) is 7.11 Å². The molecule has 4 aromatic rings. The first kappa shape index (κ1) is 21.9. The summed E-state index contributed by atoms with van der Waals surface area (Å²) in [6, 6.07) is 11.4. The van der Waals surface area contributed by atoms with E-state index in [1.165, 1.54) is 4.57 Å². The maximum Gasteiger partial charge on any atom is 0.419 e. The third-order valence-corrected chi connectivity index (χ3v) is 5.99. The van der Waals surface area contributed by atoms with E-state index in [9.17, 15) is 10.1 Å². The SMILES string of the molecule is COc1cc(C)c2c(ccn2C(=O)OC(C)(C)C)c1Cn1nc2ccc(C#N)cc2c1Br. The molecular formula is C24H23BrN4O3. The minimum atomic E-state index is -0.598. The lowest BCUT2D eigenvalue weighted by Crippen LogP contribution is -2.26. The summed E-state index contributed by atoms with van der Waals surface area (Å²) in [6.07, 6.45) is 1.30. The molecule has 0 aliphatic rings. The Morgan fingerprint density at radius 1 is 1.22 bits per heavy atom. The van der Waals surface area contributed by atoms with Crippen LogP contribution in [-0.4, -0.2) is 33.2 Å². The molecule has 32 heavy (non-hydrogen) atoms. The van der Waals surface area contributed by atoms with Crippen molar-refractivity contribution in [2.24, 2.45) is 0 Å². The molecule has 0 radical (unpaired) electrons. The van der Waals surface area contributed by atoms with Gasteiger partial charge in [0.2, 0.25) is 0 Å². The molecule has 2 heterocycles. The fourth-order valence-electron chi connectivity index (χ4n) is 3.80. The zero-order chi connectivity index (χ0) is 23.2. The molecule has 0 saturated heterocycles. The molecule has 4 rings (SSSR count). The van der Waals surface area contributed by atoms with Crippen LogP contribution in [0, 0.1) is 18.3 Å². The van der Waals surface area contributed by atoms with Crippen LogP contribution in [0.1, 0.15) is 37.5 Å². The number of aryl methyl sites for hydroxylation is 1. The summed E-state index contributed by atoms with van der Waals surface area (Å²) in [5.74, 6) is 0.709. The molecule has 7 nitrogen and oxygen atoms in total. The average molecular weight is 495 g/mol. The van der Waals surface area contributed by atoms with E-state index in [0.29, 0.717) is 17.9 Å². The van der Waals surface area contributed by atoms with Crippen LogP contribution in [0.4, 0.5) is 4.79 Å². The van der Waals surface area contributed by atoms with E-state index in [1.54, 1.807) is 19.4 Å². The highest BCUT2D eigenvalue weighted by molar-refractivity contribution is 9.10. The first-order chi connectivity index (χ1) is 15.1. The highest BCUT2D eigenvalue weighted by Crippen LogP contribution is 2.34. The van der Waals surface area contributed by atoms with Crippen LogP contribution in [0.5, 0.6) is 5.75 Å². The second-order valence-electron chi connectivity index (χ2n) is 8.59. The molecule has 8 heteroatoms.